The minimum atomic E-state index is -0.170. The minimum absolute atomic E-state index is 0.170. The lowest BCUT2D eigenvalue weighted by Crippen LogP contribution is -2.45. The van der Waals surface area contributed by atoms with Gasteiger partial charge in [0.25, 0.3) is 0 Å². The molecule has 2 unspecified atom stereocenters. The summed E-state index contributed by atoms with van der Waals surface area (Å²) in [6, 6.07) is 0.334. The third-order valence-corrected chi connectivity index (χ3v) is 3.19. The average molecular weight is 213 g/mol. The largest absolute Gasteiger partial charge is 0.453 e. The number of ether oxygens (including phenoxy) is 1. The van der Waals surface area contributed by atoms with Crippen molar-refractivity contribution in [3.63, 3.8) is 0 Å². The molecular weight excluding hydrogens is 190 g/mol. The fourth-order valence-electron chi connectivity index (χ4n) is 2.41. The van der Waals surface area contributed by atoms with Gasteiger partial charge in [0.15, 0.2) is 0 Å². The van der Waals surface area contributed by atoms with Gasteiger partial charge in [0.05, 0.1) is 7.11 Å². The number of piperidine rings is 1. The maximum absolute atomic E-state index is 11.5. The summed E-state index contributed by atoms with van der Waals surface area (Å²) in [4.78, 5) is 13.4. The van der Waals surface area contributed by atoms with Crippen LogP contribution in [0.3, 0.4) is 0 Å². The Kier molecular flexibility index (Phi) is 4.43. The summed E-state index contributed by atoms with van der Waals surface area (Å²) in [6.45, 7) is 7.44. The first kappa shape index (κ1) is 12.3. The van der Waals surface area contributed by atoms with Gasteiger partial charge < -0.3 is 9.64 Å². The molecule has 1 heterocycles. The van der Waals surface area contributed by atoms with E-state index in [9.17, 15) is 4.79 Å². The van der Waals surface area contributed by atoms with Crippen molar-refractivity contribution >= 4 is 6.09 Å². The SMILES string of the molecule is COC(=O)N1CC(CC(C)C)CCC1C. The minimum Gasteiger partial charge on any atom is -0.453 e. The number of amides is 1. The highest BCUT2D eigenvalue weighted by Crippen LogP contribution is 2.27. The van der Waals surface area contributed by atoms with Crippen LogP contribution in [-0.2, 0) is 4.74 Å². The third-order valence-electron chi connectivity index (χ3n) is 3.19. The van der Waals surface area contributed by atoms with E-state index >= 15 is 0 Å². The van der Waals surface area contributed by atoms with Crippen molar-refractivity contribution < 1.29 is 9.53 Å². The lowest BCUT2D eigenvalue weighted by molar-refractivity contribution is 0.0737. The first-order valence-electron chi connectivity index (χ1n) is 5.89. The second-order valence-electron chi connectivity index (χ2n) is 5.04. The fraction of sp³-hybridized carbons (Fsp3) is 0.917. The van der Waals surface area contributed by atoms with Crippen molar-refractivity contribution in [2.75, 3.05) is 13.7 Å². The van der Waals surface area contributed by atoms with Crippen LogP contribution in [-0.4, -0.2) is 30.7 Å². The molecule has 0 N–H and O–H groups in total. The molecule has 3 heteroatoms. The molecule has 0 aromatic heterocycles. The Hall–Kier alpha value is -0.730. The number of nitrogens with zero attached hydrogens (tertiary/aromatic N) is 1. The number of carbonyl (C=O) groups is 1. The second kappa shape index (κ2) is 5.38. The zero-order chi connectivity index (χ0) is 11.4. The molecule has 1 aliphatic rings. The summed E-state index contributed by atoms with van der Waals surface area (Å²) < 4.78 is 4.80. The van der Waals surface area contributed by atoms with Gasteiger partial charge in [-0.1, -0.05) is 13.8 Å². The Labute approximate surface area is 92.8 Å². The highest BCUT2D eigenvalue weighted by atomic mass is 16.5. The zero-order valence-electron chi connectivity index (χ0n) is 10.3. The van der Waals surface area contributed by atoms with E-state index in [2.05, 4.69) is 20.8 Å². The predicted molar refractivity (Wildman–Crippen MR) is 60.8 cm³/mol. The Morgan fingerprint density at radius 2 is 2.13 bits per heavy atom. The maximum Gasteiger partial charge on any atom is 0.409 e. The smallest absolute Gasteiger partial charge is 0.409 e. The van der Waals surface area contributed by atoms with Crippen molar-refractivity contribution in [2.45, 2.75) is 46.1 Å². The first-order valence-corrected chi connectivity index (χ1v) is 5.89. The molecular formula is C12H23NO2. The topological polar surface area (TPSA) is 29.5 Å². The Morgan fingerprint density at radius 3 is 2.67 bits per heavy atom. The van der Waals surface area contributed by atoms with Crippen molar-refractivity contribution in [3.05, 3.63) is 0 Å². The zero-order valence-corrected chi connectivity index (χ0v) is 10.3. The van der Waals surface area contributed by atoms with Gasteiger partial charge in [-0.15, -0.1) is 0 Å². The van der Waals surface area contributed by atoms with Crippen LogP contribution in [0.15, 0.2) is 0 Å². The van der Waals surface area contributed by atoms with Crippen molar-refractivity contribution in [1.82, 2.24) is 4.90 Å². The molecule has 88 valence electrons. The quantitative estimate of drug-likeness (QED) is 0.706. The van der Waals surface area contributed by atoms with Crippen molar-refractivity contribution in [2.24, 2.45) is 11.8 Å². The number of methoxy groups -OCH3 is 1. The molecule has 1 saturated heterocycles. The molecule has 15 heavy (non-hydrogen) atoms. The number of hydrogen-bond acceptors (Lipinski definition) is 2. The Morgan fingerprint density at radius 1 is 1.47 bits per heavy atom. The van der Waals surface area contributed by atoms with Gasteiger partial charge >= 0.3 is 6.09 Å². The molecule has 0 bridgehead atoms. The molecule has 1 rings (SSSR count). The van der Waals surface area contributed by atoms with Crippen LogP contribution >= 0.6 is 0 Å². The van der Waals surface area contributed by atoms with Crippen LogP contribution in [0.5, 0.6) is 0 Å². The van der Waals surface area contributed by atoms with Gasteiger partial charge in [-0.2, -0.15) is 0 Å². The Bertz CT molecular complexity index is 216. The number of carbonyl (C=O) groups excluding carboxylic acids is 1. The summed E-state index contributed by atoms with van der Waals surface area (Å²) >= 11 is 0. The lowest BCUT2D eigenvalue weighted by Gasteiger charge is -2.37. The molecule has 0 aliphatic carbocycles. The van der Waals surface area contributed by atoms with E-state index in [1.54, 1.807) is 0 Å². The van der Waals surface area contributed by atoms with Crippen LogP contribution in [0.1, 0.15) is 40.0 Å². The Balaban J connectivity index is 2.52. The molecule has 0 radical (unpaired) electrons. The summed E-state index contributed by atoms with van der Waals surface area (Å²) in [6.07, 6.45) is 3.38. The number of rotatable bonds is 2. The lowest BCUT2D eigenvalue weighted by atomic mass is 9.87. The van der Waals surface area contributed by atoms with E-state index in [1.165, 1.54) is 20.0 Å². The molecule has 1 aliphatic heterocycles. The molecule has 1 fully saturated rings. The predicted octanol–water partition coefficient (Wildman–Crippen LogP) is 2.90. The van der Waals surface area contributed by atoms with Crippen LogP contribution in [0.25, 0.3) is 0 Å². The second-order valence-corrected chi connectivity index (χ2v) is 5.04. The van der Waals surface area contributed by atoms with Crippen LogP contribution in [0.4, 0.5) is 4.79 Å². The number of likely N-dealkylation sites (tertiary alicyclic amines) is 1. The van der Waals surface area contributed by atoms with E-state index < -0.39 is 0 Å². The molecule has 0 aromatic rings. The van der Waals surface area contributed by atoms with Crippen LogP contribution in [0.2, 0.25) is 0 Å². The summed E-state index contributed by atoms with van der Waals surface area (Å²) in [5.41, 5.74) is 0. The van der Waals surface area contributed by atoms with E-state index in [1.807, 2.05) is 4.90 Å². The monoisotopic (exact) mass is 213 g/mol. The van der Waals surface area contributed by atoms with Gasteiger partial charge in [-0.05, 0) is 38.0 Å². The van der Waals surface area contributed by atoms with E-state index in [4.69, 9.17) is 4.74 Å². The molecule has 0 aromatic carbocycles. The van der Waals surface area contributed by atoms with E-state index in [0.717, 1.165) is 13.0 Å². The highest BCUT2D eigenvalue weighted by molar-refractivity contribution is 5.67. The molecule has 0 saturated carbocycles. The summed E-state index contributed by atoms with van der Waals surface area (Å²) in [5, 5.41) is 0. The highest BCUT2D eigenvalue weighted by Gasteiger charge is 2.29. The van der Waals surface area contributed by atoms with Crippen molar-refractivity contribution in [3.8, 4) is 0 Å². The van der Waals surface area contributed by atoms with Gasteiger partial charge in [0, 0.05) is 12.6 Å². The number of hydrogen-bond donors (Lipinski definition) is 0. The molecule has 1 amide bonds. The van der Waals surface area contributed by atoms with Gasteiger partial charge in [-0.3, -0.25) is 0 Å². The summed E-state index contributed by atoms with van der Waals surface area (Å²) in [7, 11) is 1.46. The standard InChI is InChI=1S/C12H23NO2/c1-9(2)7-11-6-5-10(3)13(8-11)12(14)15-4/h9-11H,5-8H2,1-4H3. The normalized spacial score (nSPS) is 26.9. The van der Waals surface area contributed by atoms with Crippen LogP contribution in [0, 0.1) is 11.8 Å². The van der Waals surface area contributed by atoms with E-state index in [-0.39, 0.29) is 6.09 Å². The van der Waals surface area contributed by atoms with E-state index in [0.29, 0.717) is 17.9 Å². The molecule has 0 spiro atoms. The summed E-state index contributed by atoms with van der Waals surface area (Å²) in [5.74, 6) is 1.36. The maximum atomic E-state index is 11.5. The van der Waals surface area contributed by atoms with Gasteiger partial charge in [0.1, 0.15) is 0 Å². The van der Waals surface area contributed by atoms with Gasteiger partial charge in [-0.25, -0.2) is 4.79 Å². The van der Waals surface area contributed by atoms with Crippen molar-refractivity contribution in [1.29, 1.82) is 0 Å². The average Bonchev–Trinajstić information content (AvgIpc) is 2.19. The third kappa shape index (κ3) is 3.40. The molecule has 2 atom stereocenters. The fourth-order valence-corrected chi connectivity index (χ4v) is 2.41. The van der Waals surface area contributed by atoms with Crippen LogP contribution < -0.4 is 0 Å². The van der Waals surface area contributed by atoms with Gasteiger partial charge in [0.2, 0.25) is 0 Å². The first-order chi connectivity index (χ1) is 7.04. The molecule has 3 nitrogen and oxygen atoms in total.